The first-order valence-electron chi connectivity index (χ1n) is 10.9. The van der Waals surface area contributed by atoms with Gasteiger partial charge in [0.25, 0.3) is 0 Å². The third-order valence-corrected chi connectivity index (χ3v) is 6.74. The van der Waals surface area contributed by atoms with Crippen LogP contribution >= 0.6 is 11.3 Å². The Kier molecular flexibility index (Phi) is 7.12. The molecule has 168 valence electrons. The van der Waals surface area contributed by atoms with E-state index in [4.69, 9.17) is 0 Å². The number of rotatable bonds is 7. The molecule has 32 heavy (non-hydrogen) atoms. The lowest BCUT2D eigenvalue weighted by atomic mass is 10.0. The van der Waals surface area contributed by atoms with Gasteiger partial charge in [-0.25, -0.2) is 9.37 Å². The highest BCUT2D eigenvalue weighted by Gasteiger charge is 2.22. The number of aromatic nitrogens is 2. The number of thiazole rings is 1. The summed E-state index contributed by atoms with van der Waals surface area (Å²) in [6, 6.07) is 8.36. The van der Waals surface area contributed by atoms with E-state index in [1.165, 1.54) is 23.5 Å². The van der Waals surface area contributed by atoms with Gasteiger partial charge >= 0.3 is 0 Å². The summed E-state index contributed by atoms with van der Waals surface area (Å²) in [6.45, 7) is 8.86. The maximum Gasteiger partial charge on any atom is 0.226 e. The largest absolute Gasteiger partial charge is 0.369 e. The van der Waals surface area contributed by atoms with Crippen molar-refractivity contribution in [2.75, 3.05) is 37.6 Å². The molecule has 1 unspecified atom stereocenters. The van der Waals surface area contributed by atoms with Crippen molar-refractivity contribution in [3.63, 3.8) is 0 Å². The van der Waals surface area contributed by atoms with Crippen LogP contribution in [0.25, 0.3) is 10.6 Å². The summed E-state index contributed by atoms with van der Waals surface area (Å²) in [5, 5.41) is 5.77. The average molecular weight is 454 g/mol. The Morgan fingerprint density at radius 1 is 1.25 bits per heavy atom. The summed E-state index contributed by atoms with van der Waals surface area (Å²) >= 11 is 1.49. The van der Waals surface area contributed by atoms with Crippen LogP contribution in [0.3, 0.4) is 0 Å². The Morgan fingerprint density at radius 2 is 2.06 bits per heavy atom. The van der Waals surface area contributed by atoms with Crippen LogP contribution in [0.2, 0.25) is 0 Å². The molecule has 1 N–H and O–H groups in total. The van der Waals surface area contributed by atoms with Crippen molar-refractivity contribution in [1.82, 2.24) is 20.2 Å². The number of anilines is 1. The number of halogens is 1. The molecule has 3 aromatic rings. The van der Waals surface area contributed by atoms with Gasteiger partial charge < -0.3 is 15.1 Å². The van der Waals surface area contributed by atoms with Crippen molar-refractivity contribution >= 4 is 22.9 Å². The van der Waals surface area contributed by atoms with Crippen LogP contribution < -0.4 is 10.2 Å². The number of piperazine rings is 1. The van der Waals surface area contributed by atoms with E-state index in [-0.39, 0.29) is 24.2 Å². The number of benzene rings is 1. The van der Waals surface area contributed by atoms with Gasteiger partial charge in [-0.05, 0) is 43.8 Å². The van der Waals surface area contributed by atoms with Crippen molar-refractivity contribution in [3.8, 4) is 10.6 Å². The van der Waals surface area contributed by atoms with Crippen LogP contribution in [-0.2, 0) is 11.2 Å². The topological polar surface area (TPSA) is 61.4 Å². The fourth-order valence-electron chi connectivity index (χ4n) is 4.01. The molecule has 0 bridgehead atoms. The standard InChI is InChI=1S/C24H28FN5OS/c1-3-29-9-11-30(12-10-29)22-7-6-19(25)13-21(22)17(2)27-23(31)14-20-16-32-24(28-20)18-5-4-8-26-15-18/h4-8,13,15-17H,3,9-12,14H2,1-2H3,(H,27,31). The van der Waals surface area contributed by atoms with Crippen molar-refractivity contribution in [2.24, 2.45) is 0 Å². The minimum Gasteiger partial charge on any atom is -0.369 e. The summed E-state index contributed by atoms with van der Waals surface area (Å²) < 4.78 is 14.1. The van der Waals surface area contributed by atoms with E-state index < -0.39 is 0 Å². The lowest BCUT2D eigenvalue weighted by molar-refractivity contribution is -0.121. The van der Waals surface area contributed by atoms with Gasteiger partial charge in [0.15, 0.2) is 0 Å². The Bertz CT molecular complexity index is 1050. The Hall–Kier alpha value is -2.84. The van der Waals surface area contributed by atoms with E-state index >= 15 is 0 Å². The molecule has 1 fully saturated rings. The van der Waals surface area contributed by atoms with Crippen molar-refractivity contribution in [2.45, 2.75) is 26.3 Å². The first-order chi connectivity index (χ1) is 15.5. The number of pyridine rings is 1. The Labute approximate surface area is 192 Å². The summed E-state index contributed by atoms with van der Waals surface area (Å²) in [4.78, 5) is 26.1. The normalized spacial score (nSPS) is 15.5. The molecule has 0 spiro atoms. The zero-order valence-electron chi connectivity index (χ0n) is 18.4. The molecule has 1 amide bonds. The molecule has 3 heterocycles. The van der Waals surface area contributed by atoms with Gasteiger partial charge in [-0.2, -0.15) is 0 Å². The maximum absolute atomic E-state index is 14.1. The van der Waals surface area contributed by atoms with E-state index in [9.17, 15) is 9.18 Å². The smallest absolute Gasteiger partial charge is 0.226 e. The SMILES string of the molecule is CCN1CCN(c2ccc(F)cc2C(C)NC(=O)Cc2csc(-c3cccnc3)n2)CC1. The number of amides is 1. The first-order valence-corrected chi connectivity index (χ1v) is 11.8. The van der Waals surface area contributed by atoms with Gasteiger partial charge in [0.05, 0.1) is 18.2 Å². The van der Waals surface area contributed by atoms with E-state index in [2.05, 4.69) is 32.0 Å². The van der Waals surface area contributed by atoms with Crippen LogP contribution in [-0.4, -0.2) is 53.5 Å². The zero-order chi connectivity index (χ0) is 22.5. The van der Waals surface area contributed by atoms with Crippen molar-refractivity contribution in [1.29, 1.82) is 0 Å². The predicted molar refractivity (Wildman–Crippen MR) is 126 cm³/mol. The van der Waals surface area contributed by atoms with Crippen LogP contribution in [0, 0.1) is 5.82 Å². The molecular weight excluding hydrogens is 425 g/mol. The predicted octanol–water partition coefficient (Wildman–Crippen LogP) is 3.91. The molecule has 1 saturated heterocycles. The van der Waals surface area contributed by atoms with Gasteiger partial charge in [-0.1, -0.05) is 6.92 Å². The van der Waals surface area contributed by atoms with Gasteiger partial charge in [-0.3, -0.25) is 9.78 Å². The summed E-state index contributed by atoms with van der Waals surface area (Å²) in [7, 11) is 0. The van der Waals surface area contributed by atoms with Crippen LogP contribution in [0.4, 0.5) is 10.1 Å². The fraction of sp³-hybridized carbons (Fsp3) is 0.375. The Balaban J connectivity index is 1.42. The molecule has 1 aromatic carbocycles. The Morgan fingerprint density at radius 3 is 2.78 bits per heavy atom. The molecule has 2 aromatic heterocycles. The van der Waals surface area contributed by atoms with Gasteiger partial charge in [0.1, 0.15) is 10.8 Å². The molecule has 0 radical (unpaired) electrons. The molecular formula is C24H28FN5OS. The number of nitrogens with zero attached hydrogens (tertiary/aromatic N) is 4. The second-order valence-electron chi connectivity index (χ2n) is 7.98. The number of hydrogen-bond donors (Lipinski definition) is 1. The maximum atomic E-state index is 14.1. The van der Waals surface area contributed by atoms with Gasteiger partial charge in [0, 0.05) is 60.8 Å². The molecule has 0 aliphatic carbocycles. The van der Waals surface area contributed by atoms with Gasteiger partial charge in [-0.15, -0.1) is 11.3 Å². The second-order valence-corrected chi connectivity index (χ2v) is 8.83. The summed E-state index contributed by atoms with van der Waals surface area (Å²) in [5.41, 5.74) is 3.44. The minimum absolute atomic E-state index is 0.133. The minimum atomic E-state index is -0.311. The highest BCUT2D eigenvalue weighted by Crippen LogP contribution is 2.29. The number of hydrogen-bond acceptors (Lipinski definition) is 6. The van der Waals surface area contributed by atoms with Crippen molar-refractivity contribution in [3.05, 3.63) is 65.2 Å². The summed E-state index contributed by atoms with van der Waals surface area (Å²) in [5.74, 6) is -0.427. The molecule has 6 nitrogen and oxygen atoms in total. The van der Waals surface area contributed by atoms with E-state index in [0.717, 1.165) is 54.5 Å². The quantitative estimate of drug-likeness (QED) is 0.588. The molecule has 8 heteroatoms. The highest BCUT2D eigenvalue weighted by molar-refractivity contribution is 7.13. The third kappa shape index (κ3) is 5.31. The molecule has 4 rings (SSSR count). The van der Waals surface area contributed by atoms with Crippen LogP contribution in [0.15, 0.2) is 48.1 Å². The fourth-order valence-corrected chi connectivity index (χ4v) is 4.82. The number of likely N-dealkylation sites (N-methyl/N-ethyl adjacent to an activating group) is 1. The third-order valence-electron chi connectivity index (χ3n) is 5.80. The van der Waals surface area contributed by atoms with Gasteiger partial charge in [0.2, 0.25) is 5.91 Å². The number of carbonyl (C=O) groups excluding carboxylic acids is 1. The average Bonchev–Trinajstić information content (AvgIpc) is 3.28. The summed E-state index contributed by atoms with van der Waals surface area (Å²) in [6.07, 6.45) is 3.66. The molecule has 1 aliphatic heterocycles. The second kappa shape index (κ2) is 10.2. The van der Waals surface area contributed by atoms with Crippen LogP contribution in [0.1, 0.15) is 31.1 Å². The van der Waals surface area contributed by atoms with E-state index in [1.54, 1.807) is 12.4 Å². The molecule has 1 atom stereocenters. The molecule has 0 saturated carbocycles. The lowest BCUT2D eigenvalue weighted by Gasteiger charge is -2.37. The van der Waals surface area contributed by atoms with Crippen molar-refractivity contribution < 1.29 is 9.18 Å². The number of carbonyl (C=O) groups is 1. The number of nitrogens with one attached hydrogen (secondary N) is 1. The molecule has 1 aliphatic rings. The first kappa shape index (κ1) is 22.4. The highest BCUT2D eigenvalue weighted by atomic mass is 32.1. The zero-order valence-corrected chi connectivity index (χ0v) is 19.2. The monoisotopic (exact) mass is 453 g/mol. The van der Waals surface area contributed by atoms with Crippen LogP contribution in [0.5, 0.6) is 0 Å². The van der Waals surface area contributed by atoms with E-state index in [0.29, 0.717) is 5.69 Å². The lowest BCUT2D eigenvalue weighted by Crippen LogP contribution is -2.46. The van der Waals surface area contributed by atoms with E-state index in [1.807, 2.05) is 30.5 Å².